The normalized spacial score (nSPS) is 13.7. The van der Waals surface area contributed by atoms with E-state index in [0.717, 1.165) is 5.56 Å². The molecule has 0 radical (unpaired) electrons. The van der Waals surface area contributed by atoms with Gasteiger partial charge in [-0.15, -0.1) is 0 Å². The van der Waals surface area contributed by atoms with E-state index in [0.29, 0.717) is 12.2 Å². The highest BCUT2D eigenvalue weighted by Crippen LogP contribution is 2.11. The van der Waals surface area contributed by atoms with Crippen molar-refractivity contribution < 1.29 is 29.0 Å². The number of carboxylic acid groups (broad SMARTS) is 1. The van der Waals surface area contributed by atoms with E-state index in [1.807, 2.05) is 49.8 Å². The van der Waals surface area contributed by atoms with E-state index in [2.05, 4.69) is 10.6 Å². The van der Waals surface area contributed by atoms with Crippen LogP contribution in [0, 0.1) is 5.92 Å². The third-order valence-corrected chi connectivity index (χ3v) is 5.66. The third-order valence-electron chi connectivity index (χ3n) is 4.76. The molecule has 0 saturated carbocycles. The second-order valence-corrected chi connectivity index (χ2v) is 9.94. The Bertz CT molecular complexity index is 741. The molecule has 1 rings (SSSR count). The van der Waals surface area contributed by atoms with E-state index in [4.69, 9.17) is 4.74 Å². The van der Waals surface area contributed by atoms with Gasteiger partial charge >= 0.3 is 12.1 Å². The van der Waals surface area contributed by atoms with Crippen LogP contribution in [0.5, 0.6) is 0 Å². The maximum absolute atomic E-state index is 12.8. The molecule has 0 aliphatic heterocycles. The van der Waals surface area contributed by atoms with Crippen LogP contribution >= 0.6 is 0 Å². The standard InChI is InChI=1S/C22H32N2O6S/c1-5-15(2)19(24-22(29)30-13-16-9-7-6-8-10-16)20(26)23-18(21(27)28)12-11-17(25)14-31(3)4/h6-10,15,18-19H,5,11-14H2,1-4H3,(H2-,23,24,26,27,28,29)/p+1/t15-,18-,19-/m0/s1. The molecule has 0 aliphatic rings. The van der Waals surface area contributed by atoms with Crippen molar-refractivity contribution in [3.63, 3.8) is 0 Å². The summed E-state index contributed by atoms with van der Waals surface area (Å²) in [6, 6.07) is 6.95. The smallest absolute Gasteiger partial charge is 0.408 e. The fraction of sp³-hybridized carbons (Fsp3) is 0.545. The van der Waals surface area contributed by atoms with Crippen LogP contribution in [-0.4, -0.2) is 59.2 Å². The highest BCUT2D eigenvalue weighted by molar-refractivity contribution is 7.96. The number of carbonyl (C=O) groups is 4. The van der Waals surface area contributed by atoms with Crippen molar-refractivity contribution in [2.24, 2.45) is 5.92 Å². The van der Waals surface area contributed by atoms with Gasteiger partial charge in [-0.05, 0) is 28.8 Å². The number of carboxylic acids is 1. The number of carbonyl (C=O) groups excluding carboxylic acids is 3. The SMILES string of the molecule is CC[C@H](C)[C@H](NC(=O)OCc1ccccc1)C(=O)N[C@@H](CCC(=O)C[S+](C)C)C(=O)O. The van der Waals surface area contributed by atoms with Crippen LogP contribution in [0.1, 0.15) is 38.7 Å². The summed E-state index contributed by atoms with van der Waals surface area (Å²) < 4.78 is 5.18. The Balaban J connectivity index is 2.70. The summed E-state index contributed by atoms with van der Waals surface area (Å²) in [4.78, 5) is 48.5. The summed E-state index contributed by atoms with van der Waals surface area (Å²) in [6.45, 7) is 3.70. The van der Waals surface area contributed by atoms with Gasteiger partial charge in [-0.2, -0.15) is 0 Å². The minimum atomic E-state index is -1.22. The molecule has 31 heavy (non-hydrogen) atoms. The minimum absolute atomic E-state index is 0.00276. The summed E-state index contributed by atoms with van der Waals surface area (Å²) in [5, 5.41) is 14.5. The molecule has 0 unspecified atom stereocenters. The molecule has 0 spiro atoms. The molecular formula is C22H33N2O6S+. The summed E-state index contributed by atoms with van der Waals surface area (Å²) >= 11 is 0. The molecule has 1 aromatic carbocycles. The molecule has 0 fully saturated rings. The maximum atomic E-state index is 12.8. The van der Waals surface area contributed by atoms with Gasteiger partial charge in [0.1, 0.15) is 18.7 Å². The first-order valence-corrected chi connectivity index (χ1v) is 12.4. The number of Topliss-reactive ketones (excluding diaryl/α,β-unsaturated/α-hetero) is 1. The van der Waals surface area contributed by atoms with Gasteiger partial charge in [-0.1, -0.05) is 50.6 Å². The number of alkyl carbamates (subject to hydrolysis) is 1. The molecule has 0 aromatic heterocycles. The molecule has 0 heterocycles. The van der Waals surface area contributed by atoms with Crippen molar-refractivity contribution in [3.8, 4) is 0 Å². The van der Waals surface area contributed by atoms with Crippen LogP contribution in [0.4, 0.5) is 4.79 Å². The van der Waals surface area contributed by atoms with Gasteiger partial charge in [0.2, 0.25) is 5.91 Å². The van der Waals surface area contributed by atoms with Gasteiger partial charge in [0.05, 0.1) is 12.5 Å². The largest absolute Gasteiger partial charge is 0.480 e. The fourth-order valence-electron chi connectivity index (χ4n) is 2.81. The zero-order valence-electron chi connectivity index (χ0n) is 18.6. The second kappa shape index (κ2) is 13.7. The predicted molar refractivity (Wildman–Crippen MR) is 121 cm³/mol. The maximum Gasteiger partial charge on any atom is 0.408 e. The molecule has 9 heteroatoms. The molecule has 8 nitrogen and oxygen atoms in total. The van der Waals surface area contributed by atoms with Crippen molar-refractivity contribution in [3.05, 3.63) is 35.9 Å². The number of rotatable bonds is 13. The lowest BCUT2D eigenvalue weighted by molar-refractivity contribution is -0.142. The molecule has 0 aliphatic carbocycles. The monoisotopic (exact) mass is 453 g/mol. The van der Waals surface area contributed by atoms with E-state index in [9.17, 15) is 24.3 Å². The van der Waals surface area contributed by atoms with Crippen molar-refractivity contribution >= 4 is 34.6 Å². The van der Waals surface area contributed by atoms with E-state index in [1.165, 1.54) is 0 Å². The summed E-state index contributed by atoms with van der Waals surface area (Å²) in [5.41, 5.74) is 0.805. The second-order valence-electron chi connectivity index (χ2n) is 7.68. The molecule has 0 saturated heterocycles. The fourth-order valence-corrected chi connectivity index (χ4v) is 3.60. The van der Waals surface area contributed by atoms with Crippen LogP contribution in [-0.2, 0) is 36.6 Å². The Morgan fingerprint density at radius 3 is 2.29 bits per heavy atom. The van der Waals surface area contributed by atoms with Gasteiger partial charge in [0, 0.05) is 6.42 Å². The lowest BCUT2D eigenvalue weighted by Crippen LogP contribution is -2.54. The molecule has 2 amide bonds. The minimum Gasteiger partial charge on any atom is -0.480 e. The van der Waals surface area contributed by atoms with E-state index < -0.39 is 30.1 Å². The highest BCUT2D eigenvalue weighted by Gasteiger charge is 2.30. The summed E-state index contributed by atoms with van der Waals surface area (Å²) in [6.07, 6.45) is 3.78. The van der Waals surface area contributed by atoms with Gasteiger partial charge in [-0.3, -0.25) is 9.59 Å². The highest BCUT2D eigenvalue weighted by atomic mass is 32.2. The van der Waals surface area contributed by atoms with E-state index in [-0.39, 0.29) is 42.0 Å². The van der Waals surface area contributed by atoms with Crippen molar-refractivity contribution in [1.29, 1.82) is 0 Å². The average molecular weight is 454 g/mol. The summed E-state index contributed by atoms with van der Waals surface area (Å²) in [7, 11) is -0.0651. The Morgan fingerprint density at radius 1 is 1.10 bits per heavy atom. The number of benzene rings is 1. The number of nitrogens with one attached hydrogen (secondary N) is 2. The van der Waals surface area contributed by atoms with Crippen LogP contribution < -0.4 is 10.6 Å². The molecule has 0 bridgehead atoms. The van der Waals surface area contributed by atoms with Crippen LogP contribution in [0.2, 0.25) is 0 Å². The van der Waals surface area contributed by atoms with Gasteiger partial charge in [0.15, 0.2) is 11.5 Å². The molecule has 3 atom stereocenters. The van der Waals surface area contributed by atoms with Gasteiger partial charge in [-0.25, -0.2) is 9.59 Å². The zero-order valence-corrected chi connectivity index (χ0v) is 19.4. The Hall–Kier alpha value is -2.55. The van der Waals surface area contributed by atoms with E-state index >= 15 is 0 Å². The number of amides is 2. The zero-order chi connectivity index (χ0) is 23.4. The Labute approximate surface area is 186 Å². The quantitative estimate of drug-likeness (QED) is 0.393. The van der Waals surface area contributed by atoms with Crippen molar-refractivity contribution in [2.45, 2.75) is 51.8 Å². The van der Waals surface area contributed by atoms with Crippen LogP contribution in [0.3, 0.4) is 0 Å². The lowest BCUT2D eigenvalue weighted by atomic mass is 9.98. The van der Waals surface area contributed by atoms with Gasteiger partial charge < -0.3 is 20.5 Å². The molecule has 3 N–H and O–H groups in total. The first-order chi connectivity index (χ1) is 14.6. The predicted octanol–water partition coefficient (Wildman–Crippen LogP) is 2.12. The molecular weight excluding hydrogens is 420 g/mol. The molecule has 172 valence electrons. The number of ether oxygens (including phenoxy) is 1. The topological polar surface area (TPSA) is 122 Å². The van der Waals surface area contributed by atoms with E-state index in [1.54, 1.807) is 6.92 Å². The third kappa shape index (κ3) is 10.3. The first-order valence-electron chi connectivity index (χ1n) is 10.2. The van der Waals surface area contributed by atoms with Crippen molar-refractivity contribution in [1.82, 2.24) is 10.6 Å². The van der Waals surface area contributed by atoms with Gasteiger partial charge in [0.25, 0.3) is 0 Å². The molecule has 1 aromatic rings. The first kappa shape index (κ1) is 26.5. The number of ketones is 1. The number of hydrogen-bond donors (Lipinski definition) is 3. The summed E-state index contributed by atoms with van der Waals surface area (Å²) in [5.74, 6) is -1.72. The number of hydrogen-bond acceptors (Lipinski definition) is 5. The average Bonchev–Trinajstić information content (AvgIpc) is 2.72. The van der Waals surface area contributed by atoms with Crippen molar-refractivity contribution in [2.75, 3.05) is 18.3 Å². The Morgan fingerprint density at radius 2 is 1.74 bits per heavy atom. The lowest BCUT2D eigenvalue weighted by Gasteiger charge is -2.25. The Kier molecular flexibility index (Phi) is 11.7. The van der Waals surface area contributed by atoms with Crippen LogP contribution in [0.15, 0.2) is 30.3 Å². The van der Waals surface area contributed by atoms with Crippen LogP contribution in [0.25, 0.3) is 0 Å². The number of aliphatic carboxylic acids is 1.